The summed E-state index contributed by atoms with van der Waals surface area (Å²) >= 11 is 0. The van der Waals surface area contributed by atoms with Crippen molar-refractivity contribution in [1.82, 2.24) is 19.5 Å². The molecular formula is C21H26N6O3. The van der Waals surface area contributed by atoms with Crippen molar-refractivity contribution in [1.29, 1.82) is 0 Å². The molecule has 1 aliphatic heterocycles. The predicted molar refractivity (Wildman–Crippen MR) is 112 cm³/mol. The van der Waals surface area contributed by atoms with E-state index in [0.717, 1.165) is 23.1 Å². The maximum absolute atomic E-state index is 12.7. The highest BCUT2D eigenvalue weighted by Crippen LogP contribution is 2.56. The van der Waals surface area contributed by atoms with Crippen molar-refractivity contribution >= 4 is 5.91 Å². The van der Waals surface area contributed by atoms with Crippen LogP contribution in [0.4, 0.5) is 0 Å². The number of carbonyl (C=O) groups is 1. The molecule has 3 heterocycles. The highest BCUT2D eigenvalue weighted by molar-refractivity contribution is 5.88. The fraction of sp³-hybridized carbons (Fsp3) is 0.429. The van der Waals surface area contributed by atoms with Crippen LogP contribution in [-0.2, 0) is 11.2 Å². The van der Waals surface area contributed by atoms with Crippen LogP contribution in [0.5, 0.6) is 6.01 Å². The predicted octanol–water partition coefficient (Wildman–Crippen LogP) is 0.324. The van der Waals surface area contributed by atoms with E-state index in [9.17, 15) is 9.59 Å². The standard InChI is InChI=1S/C21H26N6O3/c1-30-20-24-8-4-17(25-20)15-9-14(19(29)27(23)11-15)10-21(5-6-21)16-12-26(13-16)18(28)3-2-7-22/h2-4,8-9,11,16H,5-7,10,12-13,22-23H2,1H3. The van der Waals surface area contributed by atoms with Crippen molar-refractivity contribution in [2.24, 2.45) is 17.1 Å². The van der Waals surface area contributed by atoms with Gasteiger partial charge in [-0.05, 0) is 36.8 Å². The van der Waals surface area contributed by atoms with Gasteiger partial charge in [-0.1, -0.05) is 6.08 Å². The molecule has 2 aliphatic rings. The number of carbonyl (C=O) groups excluding carboxylic acids is 1. The molecule has 2 fully saturated rings. The lowest BCUT2D eigenvalue weighted by atomic mass is 9.78. The number of pyridine rings is 1. The molecule has 9 nitrogen and oxygen atoms in total. The molecule has 4 rings (SSSR count). The molecule has 30 heavy (non-hydrogen) atoms. The molecule has 4 N–H and O–H groups in total. The zero-order valence-corrected chi connectivity index (χ0v) is 17.0. The van der Waals surface area contributed by atoms with Crippen molar-refractivity contribution in [2.75, 3.05) is 32.6 Å². The molecule has 0 bridgehead atoms. The minimum atomic E-state index is -0.204. The second-order valence-electron chi connectivity index (χ2n) is 8.01. The van der Waals surface area contributed by atoms with E-state index in [0.29, 0.717) is 43.2 Å². The fourth-order valence-electron chi connectivity index (χ4n) is 4.12. The lowest BCUT2D eigenvalue weighted by molar-refractivity contribution is -0.133. The molecule has 2 aromatic heterocycles. The van der Waals surface area contributed by atoms with E-state index >= 15 is 0 Å². The number of hydrogen-bond donors (Lipinski definition) is 2. The van der Waals surface area contributed by atoms with Gasteiger partial charge in [0.25, 0.3) is 5.56 Å². The molecular weight excluding hydrogens is 384 g/mol. The number of rotatable bonds is 7. The third-order valence-corrected chi connectivity index (χ3v) is 6.12. The van der Waals surface area contributed by atoms with Gasteiger partial charge in [-0.2, -0.15) is 4.98 Å². The van der Waals surface area contributed by atoms with Crippen LogP contribution >= 0.6 is 0 Å². The fourth-order valence-corrected chi connectivity index (χ4v) is 4.12. The largest absolute Gasteiger partial charge is 0.467 e. The molecule has 0 aromatic carbocycles. The molecule has 1 saturated heterocycles. The maximum Gasteiger partial charge on any atom is 0.316 e. The van der Waals surface area contributed by atoms with Gasteiger partial charge >= 0.3 is 6.01 Å². The zero-order valence-electron chi connectivity index (χ0n) is 17.0. The number of methoxy groups -OCH3 is 1. The van der Waals surface area contributed by atoms with Crippen LogP contribution in [0.25, 0.3) is 11.3 Å². The minimum Gasteiger partial charge on any atom is -0.467 e. The molecule has 2 aromatic rings. The first-order valence-corrected chi connectivity index (χ1v) is 9.99. The van der Waals surface area contributed by atoms with E-state index in [1.165, 1.54) is 13.2 Å². The number of hydrogen-bond acceptors (Lipinski definition) is 7. The number of aromatic nitrogens is 3. The average Bonchev–Trinajstić information content (AvgIpc) is 3.48. The highest BCUT2D eigenvalue weighted by Gasteiger charge is 2.54. The molecule has 0 spiro atoms. The summed E-state index contributed by atoms with van der Waals surface area (Å²) in [4.78, 5) is 35.0. The first kappa shape index (κ1) is 20.1. The SMILES string of the molecule is COc1nccc(-c2cc(CC3(C4CN(C(=O)C=CCN)C4)CC3)c(=O)n(N)c2)n1. The topological polar surface area (TPSA) is 129 Å². The third-order valence-electron chi connectivity index (χ3n) is 6.12. The van der Waals surface area contributed by atoms with Crippen LogP contribution in [0, 0.1) is 11.3 Å². The number of likely N-dealkylation sites (tertiary alicyclic amines) is 1. The summed E-state index contributed by atoms with van der Waals surface area (Å²) in [5.41, 5.74) is 7.30. The van der Waals surface area contributed by atoms with Gasteiger partial charge in [0.2, 0.25) is 5.91 Å². The van der Waals surface area contributed by atoms with Crippen LogP contribution in [0.3, 0.4) is 0 Å². The summed E-state index contributed by atoms with van der Waals surface area (Å²) in [5, 5.41) is 0. The van der Waals surface area contributed by atoms with Crippen molar-refractivity contribution < 1.29 is 9.53 Å². The number of amides is 1. The molecule has 9 heteroatoms. The van der Waals surface area contributed by atoms with Gasteiger partial charge in [0.05, 0.1) is 12.8 Å². The number of nitrogens with two attached hydrogens (primary N) is 2. The number of nitrogen functional groups attached to an aromatic ring is 1. The number of ether oxygens (including phenoxy) is 1. The van der Waals surface area contributed by atoms with E-state index in [4.69, 9.17) is 16.3 Å². The summed E-state index contributed by atoms with van der Waals surface area (Å²) in [7, 11) is 1.50. The molecule has 0 atom stereocenters. The zero-order chi connectivity index (χ0) is 21.3. The smallest absolute Gasteiger partial charge is 0.316 e. The summed E-state index contributed by atoms with van der Waals surface area (Å²) in [6.07, 6.45) is 9.11. The first-order valence-electron chi connectivity index (χ1n) is 9.99. The van der Waals surface area contributed by atoms with Crippen LogP contribution in [0.15, 0.2) is 41.5 Å². The average molecular weight is 410 g/mol. The Bertz CT molecular complexity index is 1040. The van der Waals surface area contributed by atoms with Crippen LogP contribution in [0.2, 0.25) is 0 Å². The Hall–Kier alpha value is -3.20. The monoisotopic (exact) mass is 410 g/mol. The Morgan fingerprint density at radius 2 is 2.17 bits per heavy atom. The van der Waals surface area contributed by atoms with Gasteiger partial charge in [-0.15, -0.1) is 0 Å². The summed E-state index contributed by atoms with van der Waals surface area (Å²) in [5.74, 6) is 6.35. The maximum atomic E-state index is 12.7. The van der Waals surface area contributed by atoms with Crippen LogP contribution in [0.1, 0.15) is 18.4 Å². The van der Waals surface area contributed by atoms with Gasteiger partial charge in [0.1, 0.15) is 0 Å². The highest BCUT2D eigenvalue weighted by atomic mass is 16.5. The summed E-state index contributed by atoms with van der Waals surface area (Å²) in [6.45, 7) is 1.79. The molecule has 1 saturated carbocycles. The van der Waals surface area contributed by atoms with E-state index in [1.54, 1.807) is 24.5 Å². The quantitative estimate of drug-likeness (QED) is 0.497. The molecule has 158 valence electrons. The lowest BCUT2D eigenvalue weighted by Gasteiger charge is -2.43. The van der Waals surface area contributed by atoms with Crippen molar-refractivity contribution in [3.63, 3.8) is 0 Å². The van der Waals surface area contributed by atoms with E-state index in [-0.39, 0.29) is 22.9 Å². The van der Waals surface area contributed by atoms with Gasteiger partial charge in [-0.3, -0.25) is 9.59 Å². The normalized spacial score (nSPS) is 17.7. The lowest BCUT2D eigenvalue weighted by Crippen LogP contribution is -2.53. The second-order valence-corrected chi connectivity index (χ2v) is 8.01. The molecule has 0 radical (unpaired) electrons. The van der Waals surface area contributed by atoms with Gasteiger partial charge in [0, 0.05) is 55.1 Å². The Balaban J connectivity index is 1.52. The van der Waals surface area contributed by atoms with Crippen molar-refractivity contribution in [3.8, 4) is 17.3 Å². The molecule has 1 aliphatic carbocycles. The third kappa shape index (κ3) is 3.80. The van der Waals surface area contributed by atoms with Crippen molar-refractivity contribution in [2.45, 2.75) is 19.3 Å². The van der Waals surface area contributed by atoms with E-state index < -0.39 is 0 Å². The Morgan fingerprint density at radius 3 is 2.83 bits per heavy atom. The Kier molecular flexibility index (Phi) is 5.29. The second kappa shape index (κ2) is 7.91. The number of nitrogens with zero attached hydrogens (tertiary/aromatic N) is 4. The van der Waals surface area contributed by atoms with Crippen molar-refractivity contribution in [3.05, 3.63) is 52.6 Å². The van der Waals surface area contributed by atoms with E-state index in [1.807, 2.05) is 11.0 Å². The molecule has 1 amide bonds. The van der Waals surface area contributed by atoms with Gasteiger partial charge in [-0.25, -0.2) is 9.66 Å². The first-order chi connectivity index (χ1) is 14.5. The van der Waals surface area contributed by atoms with Gasteiger partial charge < -0.3 is 21.2 Å². The van der Waals surface area contributed by atoms with Crippen LogP contribution in [-0.4, -0.2) is 52.2 Å². The molecule has 0 unspecified atom stereocenters. The Labute approximate surface area is 174 Å². The van der Waals surface area contributed by atoms with Crippen LogP contribution < -0.4 is 21.9 Å². The van der Waals surface area contributed by atoms with Gasteiger partial charge in [0.15, 0.2) is 0 Å². The Morgan fingerprint density at radius 1 is 1.40 bits per heavy atom. The summed E-state index contributed by atoms with van der Waals surface area (Å²) in [6, 6.07) is 3.87. The summed E-state index contributed by atoms with van der Waals surface area (Å²) < 4.78 is 6.21. The minimum absolute atomic E-state index is 0.00322. The van der Waals surface area contributed by atoms with E-state index in [2.05, 4.69) is 9.97 Å².